The molecular formula is C25H32N2O3. The van der Waals surface area contributed by atoms with Crippen LogP contribution in [0, 0.1) is 19.3 Å². The quantitative estimate of drug-likeness (QED) is 0.622. The first-order valence-electron chi connectivity index (χ1n) is 10.7. The molecule has 3 rings (SSSR count). The molecule has 1 fully saturated rings. The third kappa shape index (κ3) is 5.21. The number of carbonyl (C=O) groups excluding carboxylic acids is 2. The van der Waals surface area contributed by atoms with Gasteiger partial charge in [-0.2, -0.15) is 0 Å². The van der Waals surface area contributed by atoms with Crippen LogP contribution in [0.15, 0.2) is 48.5 Å². The Kier molecular flexibility index (Phi) is 7.14. The van der Waals surface area contributed by atoms with Crippen LogP contribution in [0.25, 0.3) is 0 Å². The molecule has 0 radical (unpaired) electrons. The number of benzene rings is 2. The molecule has 0 heterocycles. The van der Waals surface area contributed by atoms with Crippen LogP contribution in [-0.4, -0.2) is 25.2 Å². The Morgan fingerprint density at radius 2 is 1.80 bits per heavy atom. The Bertz CT molecular complexity index is 861. The van der Waals surface area contributed by atoms with Crippen LogP contribution in [0.4, 0.5) is 10.5 Å². The smallest absolute Gasteiger partial charge is 0.319 e. The minimum atomic E-state index is -0.663. The Morgan fingerprint density at radius 1 is 1.10 bits per heavy atom. The van der Waals surface area contributed by atoms with Crippen LogP contribution in [0.5, 0.6) is 0 Å². The summed E-state index contributed by atoms with van der Waals surface area (Å²) in [5.41, 5.74) is 3.54. The topological polar surface area (TPSA) is 67.4 Å². The Morgan fingerprint density at radius 3 is 2.47 bits per heavy atom. The number of anilines is 1. The van der Waals surface area contributed by atoms with E-state index in [0.717, 1.165) is 48.9 Å². The van der Waals surface area contributed by atoms with Gasteiger partial charge in [-0.15, -0.1) is 0 Å². The fourth-order valence-electron chi connectivity index (χ4n) is 4.76. The number of aryl methyl sites for hydroxylation is 3. The van der Waals surface area contributed by atoms with E-state index in [2.05, 4.69) is 28.8 Å². The van der Waals surface area contributed by atoms with E-state index in [0.29, 0.717) is 6.42 Å². The number of rotatable bonds is 7. The third-order valence-electron chi connectivity index (χ3n) is 6.09. The fraction of sp³-hybridized carbons (Fsp3) is 0.440. The van der Waals surface area contributed by atoms with Gasteiger partial charge in [0.25, 0.3) is 0 Å². The van der Waals surface area contributed by atoms with Crippen molar-refractivity contribution < 1.29 is 14.3 Å². The zero-order valence-electron chi connectivity index (χ0n) is 18.2. The highest BCUT2D eigenvalue weighted by Crippen LogP contribution is 2.43. The van der Waals surface area contributed by atoms with Gasteiger partial charge in [0.2, 0.25) is 0 Å². The molecule has 2 atom stereocenters. The van der Waals surface area contributed by atoms with Crippen LogP contribution < -0.4 is 10.6 Å². The highest BCUT2D eigenvalue weighted by molar-refractivity contribution is 5.90. The number of methoxy groups -OCH3 is 1. The zero-order valence-corrected chi connectivity index (χ0v) is 18.2. The summed E-state index contributed by atoms with van der Waals surface area (Å²) in [5, 5.41) is 6.00. The summed E-state index contributed by atoms with van der Waals surface area (Å²) in [5.74, 6) is -0.218. The standard InChI is InChI=1S/C25H32N2O3/c1-18-15-19(2)17-21(16-18)26-24(29)27-22-12-8-14-25(22,23(28)30-3)13-7-11-20-9-5-4-6-10-20/h4-6,9-10,15-17,22H,7-8,11-14H2,1-3H3,(H2,26,27,29)/t22-,25-/m1/s1. The van der Waals surface area contributed by atoms with Crippen molar-refractivity contribution in [2.45, 2.75) is 58.4 Å². The van der Waals surface area contributed by atoms with Gasteiger partial charge >= 0.3 is 12.0 Å². The van der Waals surface area contributed by atoms with Crippen LogP contribution in [-0.2, 0) is 16.0 Å². The van der Waals surface area contributed by atoms with Gasteiger partial charge in [0.05, 0.1) is 12.5 Å². The molecule has 160 valence electrons. The molecule has 2 N–H and O–H groups in total. The van der Waals surface area contributed by atoms with Gasteiger partial charge in [-0.25, -0.2) is 4.79 Å². The first kappa shape index (κ1) is 21.9. The SMILES string of the molecule is COC(=O)[C@]1(CCCc2ccccc2)CCC[C@H]1NC(=O)Nc1cc(C)cc(C)c1. The maximum absolute atomic E-state index is 12.8. The van der Waals surface area contributed by atoms with E-state index in [-0.39, 0.29) is 18.0 Å². The molecule has 1 saturated carbocycles. The van der Waals surface area contributed by atoms with Crippen molar-refractivity contribution in [1.29, 1.82) is 0 Å². The molecule has 30 heavy (non-hydrogen) atoms. The summed E-state index contributed by atoms with van der Waals surface area (Å²) in [6, 6.07) is 15.7. The number of amides is 2. The predicted octanol–water partition coefficient (Wildman–Crippen LogP) is 5.16. The zero-order chi connectivity index (χ0) is 21.6. The molecule has 5 nitrogen and oxygen atoms in total. The first-order valence-corrected chi connectivity index (χ1v) is 10.7. The number of ether oxygens (including phenoxy) is 1. The summed E-state index contributed by atoms with van der Waals surface area (Å²) in [6.07, 6.45) is 4.89. The van der Waals surface area contributed by atoms with Gasteiger partial charge in [0.1, 0.15) is 0 Å². The first-order chi connectivity index (χ1) is 14.4. The van der Waals surface area contributed by atoms with Crippen molar-refractivity contribution >= 4 is 17.7 Å². The molecule has 0 aliphatic heterocycles. The van der Waals surface area contributed by atoms with E-state index in [9.17, 15) is 9.59 Å². The molecule has 5 heteroatoms. The summed E-state index contributed by atoms with van der Waals surface area (Å²) < 4.78 is 5.19. The van der Waals surface area contributed by atoms with Gasteiger partial charge in [-0.05, 0) is 74.8 Å². The predicted molar refractivity (Wildman–Crippen MR) is 120 cm³/mol. The molecule has 2 aromatic rings. The van der Waals surface area contributed by atoms with Gasteiger partial charge in [0, 0.05) is 11.7 Å². The number of hydrogen-bond acceptors (Lipinski definition) is 3. The molecule has 0 spiro atoms. The average Bonchev–Trinajstić information content (AvgIpc) is 3.10. The lowest BCUT2D eigenvalue weighted by atomic mass is 9.77. The van der Waals surface area contributed by atoms with Gasteiger partial charge in [-0.1, -0.05) is 42.8 Å². The van der Waals surface area contributed by atoms with Crippen molar-refractivity contribution in [1.82, 2.24) is 5.32 Å². The molecule has 0 saturated heterocycles. The van der Waals surface area contributed by atoms with E-state index in [1.807, 2.05) is 44.2 Å². The molecular weight excluding hydrogens is 376 g/mol. The van der Waals surface area contributed by atoms with Crippen molar-refractivity contribution in [2.75, 3.05) is 12.4 Å². The number of hydrogen-bond donors (Lipinski definition) is 2. The highest BCUT2D eigenvalue weighted by atomic mass is 16.5. The Hall–Kier alpha value is -2.82. The number of carbonyl (C=O) groups is 2. The van der Waals surface area contributed by atoms with Gasteiger partial charge in [-0.3, -0.25) is 4.79 Å². The molecule has 2 amide bonds. The second-order valence-electron chi connectivity index (χ2n) is 8.41. The van der Waals surface area contributed by atoms with Crippen molar-refractivity contribution in [3.63, 3.8) is 0 Å². The second-order valence-corrected chi connectivity index (χ2v) is 8.41. The number of urea groups is 1. The lowest BCUT2D eigenvalue weighted by Crippen LogP contribution is -2.50. The van der Waals surface area contributed by atoms with Crippen molar-refractivity contribution in [3.8, 4) is 0 Å². The third-order valence-corrected chi connectivity index (χ3v) is 6.09. The number of nitrogens with one attached hydrogen (secondary N) is 2. The Balaban J connectivity index is 1.67. The van der Waals surface area contributed by atoms with E-state index in [1.165, 1.54) is 12.7 Å². The van der Waals surface area contributed by atoms with Crippen LogP contribution in [0.3, 0.4) is 0 Å². The normalized spacial score (nSPS) is 20.6. The maximum atomic E-state index is 12.8. The Labute approximate surface area is 179 Å². The molecule has 2 aromatic carbocycles. The summed E-state index contributed by atoms with van der Waals surface area (Å²) >= 11 is 0. The van der Waals surface area contributed by atoms with E-state index in [4.69, 9.17) is 4.74 Å². The molecule has 1 aliphatic rings. The summed E-state index contributed by atoms with van der Waals surface area (Å²) in [7, 11) is 1.44. The van der Waals surface area contributed by atoms with E-state index in [1.54, 1.807) is 0 Å². The largest absolute Gasteiger partial charge is 0.469 e. The molecule has 0 unspecified atom stereocenters. The lowest BCUT2D eigenvalue weighted by Gasteiger charge is -2.33. The van der Waals surface area contributed by atoms with Crippen molar-refractivity contribution in [2.24, 2.45) is 5.41 Å². The monoisotopic (exact) mass is 408 g/mol. The van der Waals surface area contributed by atoms with E-state index >= 15 is 0 Å². The number of esters is 1. The fourth-order valence-corrected chi connectivity index (χ4v) is 4.76. The minimum Gasteiger partial charge on any atom is -0.469 e. The van der Waals surface area contributed by atoms with Crippen LogP contribution >= 0.6 is 0 Å². The average molecular weight is 409 g/mol. The van der Waals surface area contributed by atoms with Crippen molar-refractivity contribution in [3.05, 3.63) is 65.2 Å². The highest BCUT2D eigenvalue weighted by Gasteiger charge is 2.50. The van der Waals surface area contributed by atoms with Gasteiger partial charge < -0.3 is 15.4 Å². The van der Waals surface area contributed by atoms with Crippen LogP contribution in [0.2, 0.25) is 0 Å². The molecule has 1 aliphatic carbocycles. The van der Waals surface area contributed by atoms with Gasteiger partial charge in [0.15, 0.2) is 0 Å². The maximum Gasteiger partial charge on any atom is 0.319 e. The summed E-state index contributed by atoms with van der Waals surface area (Å²) in [6.45, 7) is 4.00. The van der Waals surface area contributed by atoms with E-state index < -0.39 is 5.41 Å². The molecule has 0 bridgehead atoms. The molecule has 0 aromatic heterocycles. The minimum absolute atomic E-state index is 0.218. The van der Waals surface area contributed by atoms with Crippen LogP contribution in [0.1, 0.15) is 48.8 Å². The second kappa shape index (κ2) is 9.79. The lowest BCUT2D eigenvalue weighted by molar-refractivity contribution is -0.154. The summed E-state index contributed by atoms with van der Waals surface area (Å²) in [4.78, 5) is 25.5.